The molecule has 9 heteroatoms. The van der Waals surface area contributed by atoms with Gasteiger partial charge in [-0.05, 0) is 42.0 Å². The van der Waals surface area contributed by atoms with E-state index in [9.17, 15) is 9.59 Å². The second-order valence-corrected chi connectivity index (χ2v) is 8.10. The highest BCUT2D eigenvalue weighted by molar-refractivity contribution is 7.15. The maximum atomic E-state index is 12.5. The van der Waals surface area contributed by atoms with Crippen LogP contribution in [-0.4, -0.2) is 36.2 Å². The van der Waals surface area contributed by atoms with Gasteiger partial charge in [0, 0.05) is 23.6 Å². The maximum absolute atomic E-state index is 12.5. The van der Waals surface area contributed by atoms with E-state index in [0.29, 0.717) is 34.3 Å². The Hall–Kier alpha value is -3.46. The van der Waals surface area contributed by atoms with Gasteiger partial charge >= 0.3 is 0 Å². The molecule has 0 atom stereocenters. The summed E-state index contributed by atoms with van der Waals surface area (Å²) in [7, 11) is 3.18. The fraction of sp³-hybridized carbons (Fsp3) is 0.273. The summed E-state index contributed by atoms with van der Waals surface area (Å²) in [5, 5.41) is 14.9. The Kier molecular flexibility index (Phi) is 7.19. The summed E-state index contributed by atoms with van der Waals surface area (Å²) in [6.07, 6.45) is 0.554. The number of nitrogens with one attached hydrogen (secondary N) is 2. The van der Waals surface area contributed by atoms with Gasteiger partial charge in [0.15, 0.2) is 11.5 Å². The number of methoxy groups -OCH3 is 2. The minimum absolute atomic E-state index is 0.0759. The van der Waals surface area contributed by atoms with Crippen LogP contribution in [0.15, 0.2) is 42.5 Å². The first-order valence-corrected chi connectivity index (χ1v) is 10.5. The number of anilines is 2. The molecule has 0 bridgehead atoms. The van der Waals surface area contributed by atoms with Crippen LogP contribution in [0, 0.1) is 5.92 Å². The first-order chi connectivity index (χ1) is 14.9. The highest BCUT2D eigenvalue weighted by Crippen LogP contribution is 2.29. The largest absolute Gasteiger partial charge is 0.493 e. The molecule has 2 aromatic carbocycles. The van der Waals surface area contributed by atoms with Gasteiger partial charge in [0.2, 0.25) is 11.0 Å². The van der Waals surface area contributed by atoms with E-state index in [2.05, 4.69) is 20.8 Å². The molecule has 0 aliphatic heterocycles. The molecule has 0 saturated heterocycles. The Labute approximate surface area is 184 Å². The summed E-state index contributed by atoms with van der Waals surface area (Å²) < 4.78 is 10.6. The highest BCUT2D eigenvalue weighted by Gasteiger charge is 2.13. The van der Waals surface area contributed by atoms with E-state index in [0.717, 1.165) is 10.6 Å². The Morgan fingerprint density at radius 3 is 2.32 bits per heavy atom. The summed E-state index contributed by atoms with van der Waals surface area (Å²) in [5.41, 5.74) is 2.09. The molecule has 0 saturated carbocycles. The highest BCUT2D eigenvalue weighted by atomic mass is 32.1. The summed E-state index contributed by atoms with van der Waals surface area (Å²) >= 11 is 1.31. The average Bonchev–Trinajstić information content (AvgIpc) is 3.20. The number of amides is 2. The molecule has 2 N–H and O–H groups in total. The molecule has 8 nitrogen and oxygen atoms in total. The number of hydrogen-bond donors (Lipinski definition) is 2. The third kappa shape index (κ3) is 5.79. The number of hydrogen-bond acceptors (Lipinski definition) is 7. The maximum Gasteiger partial charge on any atom is 0.257 e. The van der Waals surface area contributed by atoms with Gasteiger partial charge in [-0.25, -0.2) is 0 Å². The third-order valence-corrected chi connectivity index (χ3v) is 5.27. The molecular weight excluding hydrogens is 416 g/mol. The van der Waals surface area contributed by atoms with Crippen LogP contribution < -0.4 is 20.1 Å². The third-order valence-electron chi connectivity index (χ3n) is 4.43. The van der Waals surface area contributed by atoms with E-state index in [4.69, 9.17) is 9.47 Å². The lowest BCUT2D eigenvalue weighted by Gasteiger charge is -2.08. The quantitative estimate of drug-likeness (QED) is 0.549. The van der Waals surface area contributed by atoms with Crippen LogP contribution in [0.4, 0.5) is 10.8 Å². The van der Waals surface area contributed by atoms with Crippen molar-refractivity contribution < 1.29 is 19.1 Å². The zero-order chi connectivity index (χ0) is 22.4. The van der Waals surface area contributed by atoms with Gasteiger partial charge in [0.1, 0.15) is 5.01 Å². The van der Waals surface area contributed by atoms with E-state index in [1.54, 1.807) is 38.5 Å². The van der Waals surface area contributed by atoms with Crippen molar-refractivity contribution in [2.45, 2.75) is 20.3 Å². The van der Waals surface area contributed by atoms with Crippen LogP contribution in [0.3, 0.4) is 0 Å². The predicted octanol–water partition coefficient (Wildman–Crippen LogP) is 3.99. The molecule has 162 valence electrons. The molecule has 3 rings (SSSR count). The van der Waals surface area contributed by atoms with Crippen molar-refractivity contribution in [2.24, 2.45) is 5.92 Å². The minimum Gasteiger partial charge on any atom is -0.493 e. The number of nitrogens with zero attached hydrogens (tertiary/aromatic N) is 2. The molecule has 0 aliphatic carbocycles. The standard InChI is InChI=1S/C22H24N4O4S/c1-13(2)20(27)23-16-8-6-15(7-9-16)21(28)24-22-26-25-19(31-22)12-14-5-10-17(29-3)18(11-14)30-4/h5-11,13H,12H2,1-4H3,(H,23,27)(H,24,26,28). The summed E-state index contributed by atoms with van der Waals surface area (Å²) in [6, 6.07) is 12.3. The van der Waals surface area contributed by atoms with Crippen molar-refractivity contribution >= 4 is 34.0 Å². The fourth-order valence-electron chi connectivity index (χ4n) is 2.70. The van der Waals surface area contributed by atoms with Gasteiger partial charge in [-0.1, -0.05) is 31.3 Å². The van der Waals surface area contributed by atoms with Crippen LogP contribution in [0.1, 0.15) is 34.8 Å². The van der Waals surface area contributed by atoms with Crippen molar-refractivity contribution in [1.29, 1.82) is 0 Å². The topological polar surface area (TPSA) is 102 Å². The number of ether oxygens (including phenoxy) is 2. The van der Waals surface area contributed by atoms with Crippen LogP contribution >= 0.6 is 11.3 Å². The average molecular weight is 441 g/mol. The molecule has 0 unspecified atom stereocenters. The van der Waals surface area contributed by atoms with E-state index in [-0.39, 0.29) is 17.7 Å². The van der Waals surface area contributed by atoms with Gasteiger partial charge in [-0.3, -0.25) is 14.9 Å². The first kappa shape index (κ1) is 22.2. The Bertz CT molecular complexity index is 1060. The molecule has 3 aromatic rings. The van der Waals surface area contributed by atoms with Gasteiger partial charge in [0.05, 0.1) is 14.2 Å². The molecule has 0 fully saturated rings. The van der Waals surface area contributed by atoms with Crippen molar-refractivity contribution in [3.8, 4) is 11.5 Å². The second-order valence-electron chi connectivity index (χ2n) is 7.04. The van der Waals surface area contributed by atoms with Crippen molar-refractivity contribution in [1.82, 2.24) is 10.2 Å². The van der Waals surface area contributed by atoms with Crippen LogP contribution in [0.5, 0.6) is 11.5 Å². The lowest BCUT2D eigenvalue weighted by Crippen LogP contribution is -2.18. The zero-order valence-electron chi connectivity index (χ0n) is 17.8. The number of benzene rings is 2. The molecule has 1 heterocycles. The molecule has 0 aliphatic rings. The smallest absolute Gasteiger partial charge is 0.257 e. The molecular formula is C22H24N4O4S. The molecule has 31 heavy (non-hydrogen) atoms. The van der Waals surface area contributed by atoms with Gasteiger partial charge in [-0.2, -0.15) is 0 Å². The number of carbonyl (C=O) groups excluding carboxylic acids is 2. The Morgan fingerprint density at radius 2 is 1.68 bits per heavy atom. The Balaban J connectivity index is 1.61. The van der Waals surface area contributed by atoms with Crippen LogP contribution in [0.2, 0.25) is 0 Å². The summed E-state index contributed by atoms with van der Waals surface area (Å²) in [6.45, 7) is 3.64. The number of rotatable bonds is 8. The van der Waals surface area contributed by atoms with E-state index in [1.807, 2.05) is 32.0 Å². The van der Waals surface area contributed by atoms with Crippen molar-refractivity contribution in [2.75, 3.05) is 24.9 Å². The Morgan fingerprint density at radius 1 is 0.968 bits per heavy atom. The minimum atomic E-state index is -0.296. The van der Waals surface area contributed by atoms with Crippen LogP contribution in [0.25, 0.3) is 0 Å². The SMILES string of the molecule is COc1ccc(Cc2nnc(NC(=O)c3ccc(NC(=O)C(C)C)cc3)s2)cc1OC. The molecule has 0 spiro atoms. The summed E-state index contributed by atoms with van der Waals surface area (Å²) in [4.78, 5) is 24.2. The predicted molar refractivity (Wildman–Crippen MR) is 120 cm³/mol. The fourth-order valence-corrected chi connectivity index (χ4v) is 3.47. The van der Waals surface area contributed by atoms with Gasteiger partial charge in [0.25, 0.3) is 5.91 Å². The normalized spacial score (nSPS) is 10.6. The number of aromatic nitrogens is 2. The molecule has 2 amide bonds. The van der Waals surface area contributed by atoms with Gasteiger partial charge < -0.3 is 14.8 Å². The van der Waals surface area contributed by atoms with E-state index >= 15 is 0 Å². The van der Waals surface area contributed by atoms with E-state index in [1.165, 1.54) is 11.3 Å². The molecule has 0 radical (unpaired) electrons. The first-order valence-electron chi connectivity index (χ1n) is 9.65. The number of carbonyl (C=O) groups is 2. The van der Waals surface area contributed by atoms with Crippen LogP contribution in [-0.2, 0) is 11.2 Å². The van der Waals surface area contributed by atoms with E-state index < -0.39 is 0 Å². The zero-order valence-corrected chi connectivity index (χ0v) is 18.6. The van der Waals surface area contributed by atoms with Crippen molar-refractivity contribution in [3.63, 3.8) is 0 Å². The molecule has 1 aromatic heterocycles. The van der Waals surface area contributed by atoms with Crippen molar-refractivity contribution in [3.05, 3.63) is 58.6 Å². The lowest BCUT2D eigenvalue weighted by molar-refractivity contribution is -0.118. The monoisotopic (exact) mass is 440 g/mol. The second kappa shape index (κ2) is 10.0. The lowest BCUT2D eigenvalue weighted by atomic mass is 10.1. The van der Waals surface area contributed by atoms with Gasteiger partial charge in [-0.15, -0.1) is 10.2 Å². The summed E-state index contributed by atoms with van der Waals surface area (Å²) in [5.74, 6) is 0.814.